The molecule has 1 aliphatic carbocycles. The lowest BCUT2D eigenvalue weighted by Crippen LogP contribution is -2.46. The second kappa shape index (κ2) is 3.49. The zero-order valence-electron chi connectivity index (χ0n) is 9.10. The fourth-order valence-corrected chi connectivity index (χ4v) is 3.51. The molecule has 0 aromatic rings. The summed E-state index contributed by atoms with van der Waals surface area (Å²) < 4.78 is 0. The van der Waals surface area contributed by atoms with Crippen molar-refractivity contribution in [2.24, 2.45) is 5.41 Å². The van der Waals surface area contributed by atoms with E-state index < -0.39 is 0 Å². The molecule has 3 aliphatic rings. The molecular formula is C12H22N2. The standard InChI is InChI=1S/C12H22N2/c1-3-11(9-13-7-1)14-8-6-12(10-14)4-2-5-12/h11,13H,1-10H2. The van der Waals surface area contributed by atoms with Crippen molar-refractivity contribution in [3.63, 3.8) is 0 Å². The van der Waals surface area contributed by atoms with Gasteiger partial charge in [-0.15, -0.1) is 0 Å². The zero-order chi connectivity index (χ0) is 9.43. The van der Waals surface area contributed by atoms with Crippen LogP contribution >= 0.6 is 0 Å². The van der Waals surface area contributed by atoms with E-state index in [1.807, 2.05) is 0 Å². The first-order valence-electron chi connectivity index (χ1n) is 6.33. The number of rotatable bonds is 1. The summed E-state index contributed by atoms with van der Waals surface area (Å²) in [6.07, 6.45) is 8.84. The summed E-state index contributed by atoms with van der Waals surface area (Å²) in [5.41, 5.74) is 0.789. The van der Waals surface area contributed by atoms with Crippen molar-refractivity contribution >= 4 is 0 Å². The molecular weight excluding hydrogens is 172 g/mol. The molecule has 2 nitrogen and oxygen atoms in total. The molecule has 1 spiro atoms. The van der Waals surface area contributed by atoms with Gasteiger partial charge >= 0.3 is 0 Å². The third kappa shape index (κ3) is 1.49. The van der Waals surface area contributed by atoms with E-state index in [4.69, 9.17) is 0 Å². The SMILES string of the molecule is C1CNCC(N2CCC3(CCC3)C2)C1. The molecule has 0 aromatic carbocycles. The molecule has 14 heavy (non-hydrogen) atoms. The van der Waals surface area contributed by atoms with E-state index in [0.29, 0.717) is 0 Å². The Bertz CT molecular complexity index is 204. The smallest absolute Gasteiger partial charge is 0.0221 e. The van der Waals surface area contributed by atoms with Crippen LogP contribution in [0.1, 0.15) is 38.5 Å². The van der Waals surface area contributed by atoms with Gasteiger partial charge in [-0.1, -0.05) is 6.42 Å². The van der Waals surface area contributed by atoms with Gasteiger partial charge in [-0.25, -0.2) is 0 Å². The summed E-state index contributed by atoms with van der Waals surface area (Å²) in [5.74, 6) is 0. The maximum Gasteiger partial charge on any atom is 0.0221 e. The molecule has 1 N–H and O–H groups in total. The quantitative estimate of drug-likeness (QED) is 0.682. The zero-order valence-corrected chi connectivity index (χ0v) is 9.10. The highest BCUT2D eigenvalue weighted by atomic mass is 15.2. The van der Waals surface area contributed by atoms with Crippen LogP contribution in [-0.2, 0) is 0 Å². The van der Waals surface area contributed by atoms with Crippen molar-refractivity contribution in [2.75, 3.05) is 26.2 Å². The van der Waals surface area contributed by atoms with Crippen LogP contribution in [0, 0.1) is 5.41 Å². The fraction of sp³-hybridized carbons (Fsp3) is 1.00. The lowest BCUT2D eigenvalue weighted by Gasteiger charge is -2.40. The van der Waals surface area contributed by atoms with Crippen molar-refractivity contribution in [2.45, 2.75) is 44.6 Å². The molecule has 0 bridgehead atoms. The Balaban J connectivity index is 1.58. The molecule has 0 radical (unpaired) electrons. The topological polar surface area (TPSA) is 15.3 Å². The minimum Gasteiger partial charge on any atom is -0.315 e. The third-order valence-electron chi connectivity index (χ3n) is 4.67. The Morgan fingerprint density at radius 3 is 2.64 bits per heavy atom. The summed E-state index contributed by atoms with van der Waals surface area (Å²) in [6.45, 7) is 5.29. The minimum atomic E-state index is 0.789. The molecule has 1 saturated carbocycles. The average molecular weight is 194 g/mol. The minimum absolute atomic E-state index is 0.789. The van der Waals surface area contributed by atoms with Crippen molar-refractivity contribution < 1.29 is 0 Å². The van der Waals surface area contributed by atoms with Gasteiger partial charge in [0.1, 0.15) is 0 Å². The lowest BCUT2D eigenvalue weighted by atomic mass is 9.68. The van der Waals surface area contributed by atoms with E-state index >= 15 is 0 Å². The van der Waals surface area contributed by atoms with Gasteiger partial charge in [0, 0.05) is 19.1 Å². The highest BCUT2D eigenvalue weighted by molar-refractivity contribution is 4.98. The normalized spacial score (nSPS) is 37.3. The van der Waals surface area contributed by atoms with E-state index in [9.17, 15) is 0 Å². The summed E-state index contributed by atoms with van der Waals surface area (Å²) in [4.78, 5) is 2.77. The largest absolute Gasteiger partial charge is 0.315 e. The lowest BCUT2D eigenvalue weighted by molar-refractivity contribution is 0.116. The molecule has 80 valence electrons. The van der Waals surface area contributed by atoms with Gasteiger partial charge in [-0.05, 0) is 50.6 Å². The van der Waals surface area contributed by atoms with E-state index in [0.717, 1.165) is 11.5 Å². The number of piperidine rings is 1. The second-order valence-corrected chi connectivity index (χ2v) is 5.57. The van der Waals surface area contributed by atoms with Crippen LogP contribution in [0.5, 0.6) is 0 Å². The van der Waals surface area contributed by atoms with Crippen molar-refractivity contribution in [3.8, 4) is 0 Å². The summed E-state index contributed by atoms with van der Waals surface area (Å²) in [5, 5.41) is 3.53. The van der Waals surface area contributed by atoms with Gasteiger partial charge in [0.15, 0.2) is 0 Å². The van der Waals surface area contributed by atoms with E-state index in [2.05, 4.69) is 10.2 Å². The maximum absolute atomic E-state index is 3.53. The first-order chi connectivity index (χ1) is 6.88. The van der Waals surface area contributed by atoms with E-state index in [-0.39, 0.29) is 0 Å². The van der Waals surface area contributed by atoms with Crippen LogP contribution in [0.25, 0.3) is 0 Å². The fourth-order valence-electron chi connectivity index (χ4n) is 3.51. The van der Waals surface area contributed by atoms with E-state index in [1.165, 1.54) is 64.7 Å². The van der Waals surface area contributed by atoms with Crippen molar-refractivity contribution in [1.29, 1.82) is 0 Å². The Hall–Kier alpha value is -0.0800. The number of nitrogens with one attached hydrogen (secondary N) is 1. The van der Waals surface area contributed by atoms with Crippen molar-refractivity contribution in [1.82, 2.24) is 10.2 Å². The predicted molar refractivity (Wildman–Crippen MR) is 58.4 cm³/mol. The van der Waals surface area contributed by atoms with Crippen LogP contribution in [0.15, 0.2) is 0 Å². The second-order valence-electron chi connectivity index (χ2n) is 5.57. The third-order valence-corrected chi connectivity index (χ3v) is 4.67. The van der Waals surface area contributed by atoms with Gasteiger partial charge in [0.05, 0.1) is 0 Å². The molecule has 3 fully saturated rings. The Labute approximate surface area is 87.0 Å². The average Bonchev–Trinajstić information content (AvgIpc) is 2.63. The summed E-state index contributed by atoms with van der Waals surface area (Å²) in [7, 11) is 0. The van der Waals surface area contributed by atoms with E-state index in [1.54, 1.807) is 0 Å². The maximum atomic E-state index is 3.53. The molecule has 0 aromatic heterocycles. The van der Waals surface area contributed by atoms with Gasteiger partial charge in [0.25, 0.3) is 0 Å². The molecule has 2 heteroatoms. The van der Waals surface area contributed by atoms with Crippen LogP contribution in [0.4, 0.5) is 0 Å². The summed E-state index contributed by atoms with van der Waals surface area (Å²) in [6, 6.07) is 0.865. The number of nitrogens with zero attached hydrogens (tertiary/aromatic N) is 1. The number of hydrogen-bond donors (Lipinski definition) is 1. The molecule has 1 atom stereocenters. The predicted octanol–water partition coefficient (Wildman–Crippen LogP) is 1.61. The molecule has 0 amide bonds. The molecule has 2 aliphatic heterocycles. The Morgan fingerprint density at radius 2 is 2.07 bits per heavy atom. The first kappa shape index (κ1) is 9.17. The van der Waals surface area contributed by atoms with Crippen LogP contribution < -0.4 is 5.32 Å². The van der Waals surface area contributed by atoms with Crippen molar-refractivity contribution in [3.05, 3.63) is 0 Å². The number of likely N-dealkylation sites (tertiary alicyclic amines) is 1. The first-order valence-corrected chi connectivity index (χ1v) is 6.33. The molecule has 1 unspecified atom stereocenters. The van der Waals surface area contributed by atoms with Gasteiger partial charge < -0.3 is 5.32 Å². The monoisotopic (exact) mass is 194 g/mol. The highest BCUT2D eigenvalue weighted by Gasteiger charge is 2.44. The Morgan fingerprint density at radius 1 is 1.14 bits per heavy atom. The molecule has 2 saturated heterocycles. The number of hydrogen-bond acceptors (Lipinski definition) is 2. The molecule has 3 rings (SSSR count). The van der Waals surface area contributed by atoms with Crippen LogP contribution in [0.2, 0.25) is 0 Å². The van der Waals surface area contributed by atoms with Crippen LogP contribution in [-0.4, -0.2) is 37.1 Å². The molecule has 2 heterocycles. The highest BCUT2D eigenvalue weighted by Crippen LogP contribution is 2.48. The van der Waals surface area contributed by atoms with Crippen LogP contribution in [0.3, 0.4) is 0 Å². The summed E-state index contributed by atoms with van der Waals surface area (Å²) >= 11 is 0. The van der Waals surface area contributed by atoms with Gasteiger partial charge in [0.2, 0.25) is 0 Å². The van der Waals surface area contributed by atoms with Gasteiger partial charge in [-0.2, -0.15) is 0 Å². The van der Waals surface area contributed by atoms with Gasteiger partial charge in [-0.3, -0.25) is 4.90 Å². The Kier molecular flexibility index (Phi) is 2.29.